The zero-order valence-electron chi connectivity index (χ0n) is 8.01. The molecule has 1 unspecified atom stereocenters. The molecule has 2 rings (SSSR count). The summed E-state index contributed by atoms with van der Waals surface area (Å²) < 4.78 is 18.1. The van der Waals surface area contributed by atoms with Crippen molar-refractivity contribution in [2.45, 2.75) is 13.0 Å². The van der Waals surface area contributed by atoms with Crippen molar-refractivity contribution in [3.05, 3.63) is 30.2 Å². The van der Waals surface area contributed by atoms with Crippen molar-refractivity contribution in [2.24, 2.45) is 5.73 Å². The highest BCUT2D eigenvalue weighted by Crippen LogP contribution is 2.19. The number of hydrogen-bond acceptors (Lipinski definition) is 5. The van der Waals surface area contributed by atoms with Crippen LogP contribution in [0.2, 0.25) is 0 Å². The van der Waals surface area contributed by atoms with Crippen LogP contribution in [0.5, 0.6) is 0 Å². The van der Waals surface area contributed by atoms with E-state index < -0.39 is 5.82 Å². The van der Waals surface area contributed by atoms with Gasteiger partial charge in [-0.2, -0.15) is 0 Å². The largest absolute Gasteiger partial charge is 0.419 e. The molecule has 1 atom stereocenters. The Balaban J connectivity index is 2.37. The first-order chi connectivity index (χ1) is 7.16. The molecule has 2 aromatic heterocycles. The van der Waals surface area contributed by atoms with Crippen molar-refractivity contribution < 1.29 is 8.81 Å². The van der Waals surface area contributed by atoms with Gasteiger partial charge in [0, 0.05) is 6.20 Å². The predicted molar refractivity (Wildman–Crippen MR) is 50.1 cm³/mol. The lowest BCUT2D eigenvalue weighted by Crippen LogP contribution is -2.04. The quantitative estimate of drug-likeness (QED) is 0.804. The minimum atomic E-state index is -0.451. The second-order valence-electron chi connectivity index (χ2n) is 3.13. The zero-order chi connectivity index (χ0) is 10.8. The molecule has 0 saturated carbocycles. The van der Waals surface area contributed by atoms with Gasteiger partial charge in [0.25, 0.3) is 0 Å². The summed E-state index contributed by atoms with van der Waals surface area (Å²) in [4.78, 5) is 3.68. The molecule has 0 aliphatic heterocycles. The summed E-state index contributed by atoms with van der Waals surface area (Å²) in [6.07, 6.45) is 2.55. The Labute approximate surface area is 85.1 Å². The van der Waals surface area contributed by atoms with E-state index in [4.69, 9.17) is 10.2 Å². The molecule has 0 amide bonds. The van der Waals surface area contributed by atoms with Crippen LogP contribution in [0.15, 0.2) is 22.9 Å². The highest BCUT2D eigenvalue weighted by molar-refractivity contribution is 5.50. The maximum Gasteiger partial charge on any atom is 0.249 e. The standard InChI is InChI=1S/C9H9FN4O/c1-5(11)8-13-14-9(15-8)6-2-7(10)4-12-3-6/h2-5H,11H2,1H3. The van der Waals surface area contributed by atoms with E-state index in [-0.39, 0.29) is 11.9 Å². The van der Waals surface area contributed by atoms with Crippen molar-refractivity contribution in [1.29, 1.82) is 0 Å². The third-order valence-electron chi connectivity index (χ3n) is 1.78. The van der Waals surface area contributed by atoms with E-state index >= 15 is 0 Å². The fourth-order valence-electron chi connectivity index (χ4n) is 1.06. The Bertz CT molecular complexity index is 469. The molecule has 78 valence electrons. The third-order valence-corrected chi connectivity index (χ3v) is 1.78. The fraction of sp³-hybridized carbons (Fsp3) is 0.222. The average Bonchev–Trinajstić information content (AvgIpc) is 2.66. The van der Waals surface area contributed by atoms with Gasteiger partial charge in [-0.1, -0.05) is 0 Å². The molecule has 0 radical (unpaired) electrons. The summed E-state index contributed by atoms with van der Waals surface area (Å²) in [5.41, 5.74) is 5.99. The number of rotatable bonds is 2. The van der Waals surface area contributed by atoms with E-state index in [0.717, 1.165) is 6.20 Å². The first-order valence-electron chi connectivity index (χ1n) is 4.36. The minimum Gasteiger partial charge on any atom is -0.419 e. The van der Waals surface area contributed by atoms with Gasteiger partial charge >= 0.3 is 0 Å². The summed E-state index contributed by atoms with van der Waals surface area (Å²) >= 11 is 0. The number of hydrogen-bond donors (Lipinski definition) is 1. The van der Waals surface area contributed by atoms with Gasteiger partial charge in [0.2, 0.25) is 11.8 Å². The van der Waals surface area contributed by atoms with Crippen LogP contribution in [0.25, 0.3) is 11.5 Å². The van der Waals surface area contributed by atoms with Crippen LogP contribution in [-0.4, -0.2) is 15.2 Å². The summed E-state index contributed by atoms with van der Waals surface area (Å²) in [5.74, 6) is 0.0802. The van der Waals surface area contributed by atoms with Crippen molar-refractivity contribution in [3.63, 3.8) is 0 Å². The molecule has 15 heavy (non-hydrogen) atoms. The molecule has 0 aromatic carbocycles. The molecule has 0 aliphatic rings. The lowest BCUT2D eigenvalue weighted by Gasteiger charge is -1.95. The molecule has 0 spiro atoms. The monoisotopic (exact) mass is 208 g/mol. The van der Waals surface area contributed by atoms with Crippen LogP contribution in [-0.2, 0) is 0 Å². The van der Waals surface area contributed by atoms with Crippen LogP contribution in [0.4, 0.5) is 4.39 Å². The Morgan fingerprint density at radius 1 is 1.40 bits per heavy atom. The Morgan fingerprint density at radius 2 is 2.20 bits per heavy atom. The topological polar surface area (TPSA) is 77.8 Å². The van der Waals surface area contributed by atoms with E-state index in [0.29, 0.717) is 11.5 Å². The van der Waals surface area contributed by atoms with Gasteiger partial charge in [-0.05, 0) is 13.0 Å². The number of pyridine rings is 1. The van der Waals surface area contributed by atoms with Gasteiger partial charge < -0.3 is 10.2 Å². The summed E-state index contributed by atoms with van der Waals surface area (Å²) in [7, 11) is 0. The summed E-state index contributed by atoms with van der Waals surface area (Å²) in [6.45, 7) is 1.72. The Hall–Kier alpha value is -1.82. The Kier molecular flexibility index (Phi) is 2.42. The number of halogens is 1. The minimum absolute atomic E-state index is 0.217. The summed E-state index contributed by atoms with van der Waals surface area (Å²) in [6, 6.07) is 0.929. The van der Waals surface area contributed by atoms with E-state index in [1.165, 1.54) is 12.3 Å². The lowest BCUT2D eigenvalue weighted by atomic mass is 10.3. The van der Waals surface area contributed by atoms with Gasteiger partial charge in [-0.3, -0.25) is 4.98 Å². The van der Waals surface area contributed by atoms with Gasteiger partial charge in [0.05, 0.1) is 17.8 Å². The van der Waals surface area contributed by atoms with Gasteiger partial charge in [0.15, 0.2) is 0 Å². The third kappa shape index (κ3) is 1.99. The maximum atomic E-state index is 12.8. The molecule has 5 nitrogen and oxygen atoms in total. The zero-order valence-corrected chi connectivity index (χ0v) is 8.01. The van der Waals surface area contributed by atoms with Crippen molar-refractivity contribution in [2.75, 3.05) is 0 Å². The highest BCUT2D eigenvalue weighted by atomic mass is 19.1. The number of nitrogens with zero attached hydrogens (tertiary/aromatic N) is 3. The molecule has 2 N–H and O–H groups in total. The van der Waals surface area contributed by atoms with Crippen LogP contribution >= 0.6 is 0 Å². The van der Waals surface area contributed by atoms with Crippen LogP contribution < -0.4 is 5.73 Å². The second-order valence-corrected chi connectivity index (χ2v) is 3.13. The Morgan fingerprint density at radius 3 is 2.80 bits per heavy atom. The normalized spacial score (nSPS) is 12.7. The molecular formula is C9H9FN4O. The first-order valence-corrected chi connectivity index (χ1v) is 4.36. The van der Waals surface area contributed by atoms with E-state index in [1.807, 2.05) is 0 Å². The number of aromatic nitrogens is 3. The van der Waals surface area contributed by atoms with Crippen LogP contribution in [0, 0.1) is 5.82 Å². The predicted octanol–water partition coefficient (Wildman–Crippen LogP) is 1.29. The average molecular weight is 208 g/mol. The second kappa shape index (κ2) is 3.74. The smallest absolute Gasteiger partial charge is 0.249 e. The van der Waals surface area contributed by atoms with Gasteiger partial charge in [-0.25, -0.2) is 4.39 Å². The molecule has 0 fully saturated rings. The molecule has 0 bridgehead atoms. The number of nitrogens with two attached hydrogens (primary N) is 1. The van der Waals surface area contributed by atoms with Crippen molar-refractivity contribution >= 4 is 0 Å². The van der Waals surface area contributed by atoms with Crippen molar-refractivity contribution in [1.82, 2.24) is 15.2 Å². The maximum absolute atomic E-state index is 12.8. The molecule has 2 heterocycles. The highest BCUT2D eigenvalue weighted by Gasteiger charge is 2.11. The van der Waals surface area contributed by atoms with Crippen LogP contribution in [0.1, 0.15) is 18.9 Å². The van der Waals surface area contributed by atoms with E-state index in [1.54, 1.807) is 6.92 Å². The fourth-order valence-corrected chi connectivity index (χ4v) is 1.06. The molecule has 2 aromatic rings. The first kappa shape index (κ1) is 9.72. The summed E-state index contributed by atoms with van der Waals surface area (Å²) in [5, 5.41) is 7.48. The molecule has 0 aliphatic carbocycles. The van der Waals surface area contributed by atoms with Crippen LogP contribution in [0.3, 0.4) is 0 Å². The SMILES string of the molecule is CC(N)c1nnc(-c2cncc(F)c2)o1. The van der Waals surface area contributed by atoms with Gasteiger partial charge in [-0.15, -0.1) is 10.2 Å². The van der Waals surface area contributed by atoms with Gasteiger partial charge in [0.1, 0.15) is 5.82 Å². The molecule has 6 heteroatoms. The van der Waals surface area contributed by atoms with E-state index in [9.17, 15) is 4.39 Å². The van der Waals surface area contributed by atoms with E-state index in [2.05, 4.69) is 15.2 Å². The van der Waals surface area contributed by atoms with Crippen molar-refractivity contribution in [3.8, 4) is 11.5 Å². The lowest BCUT2D eigenvalue weighted by molar-refractivity contribution is 0.473. The molecular weight excluding hydrogens is 199 g/mol. The molecule has 0 saturated heterocycles.